The Morgan fingerprint density at radius 1 is 0.159 bits per heavy atom. The maximum absolute atomic E-state index is 6.42. The third-order valence-corrected chi connectivity index (χ3v) is 48.4. The van der Waals surface area contributed by atoms with Crippen molar-refractivity contribution in [2.75, 3.05) is 0 Å². The summed E-state index contributed by atoms with van der Waals surface area (Å²) in [6, 6.07) is 170. The van der Waals surface area contributed by atoms with E-state index in [1.165, 1.54) is 193 Å². The van der Waals surface area contributed by atoms with Crippen LogP contribution in [0, 0.1) is 27.7 Å². The standard InChI is InChI=1S/4C31H22OSi/c1-21-11-10-17-25-29-26(32-31(21)25)19-20-28-30(29)24-16-8-9-18-27(24)33(28,22-12-4-2-5-13-22)23-14-6-3-7-15-23;1-21-16-18-28-25(20-21)31-29(19-17-27-30(31)24-14-8-9-15-26(24)32-27)33(28,22-10-4-2-5-11-22)23-12-6-3-7-13-23;1-21-16-17-24-27(20-21)32-26-18-19-29-31(30(24)26)25-14-8-9-15-28(25)33(29,22-10-4-2-5-11-22)23-12-6-3-7-13-23;1-21-16-17-26-25(20-21)30-27(32-26)18-19-29-31(30)24-14-8-9-15-28(24)33(29,22-10-4-2-5-11-22)23-12-6-3-7-13-23/h4*2-20H,1H3. The summed E-state index contributed by atoms with van der Waals surface area (Å²) >= 11 is 0. The van der Waals surface area contributed by atoms with E-state index in [4.69, 9.17) is 17.7 Å². The summed E-state index contributed by atoms with van der Waals surface area (Å²) in [5.74, 6) is 0. The number of fused-ring (bicyclic) bond motifs is 28. The van der Waals surface area contributed by atoms with Crippen LogP contribution in [0.5, 0.6) is 0 Å². The van der Waals surface area contributed by atoms with E-state index in [0.29, 0.717) is 0 Å². The Hall–Kier alpha value is -15.5. The van der Waals surface area contributed by atoms with Gasteiger partial charge in [-0.3, -0.25) is 0 Å². The fourth-order valence-electron chi connectivity index (χ4n) is 23.7. The third kappa shape index (κ3) is 11.5. The lowest BCUT2D eigenvalue weighted by atomic mass is 9.98. The van der Waals surface area contributed by atoms with Crippen molar-refractivity contribution >= 4 is 203 Å². The van der Waals surface area contributed by atoms with E-state index in [9.17, 15) is 0 Å². The molecule has 0 spiro atoms. The first kappa shape index (κ1) is 78.7. The van der Waals surface area contributed by atoms with Gasteiger partial charge in [-0.15, -0.1) is 0 Å². The van der Waals surface area contributed by atoms with Crippen molar-refractivity contribution in [3.8, 4) is 44.5 Å². The highest BCUT2D eigenvalue weighted by Gasteiger charge is 2.54. The van der Waals surface area contributed by atoms with Crippen molar-refractivity contribution in [2.45, 2.75) is 27.7 Å². The second kappa shape index (κ2) is 31.1. The van der Waals surface area contributed by atoms with Gasteiger partial charge in [-0.05, 0) is 215 Å². The highest BCUT2D eigenvalue weighted by molar-refractivity contribution is 7.24. The van der Waals surface area contributed by atoms with Crippen LogP contribution in [0.2, 0.25) is 0 Å². The van der Waals surface area contributed by atoms with Crippen LogP contribution < -0.4 is 83.0 Å². The van der Waals surface area contributed by atoms with Gasteiger partial charge in [0.2, 0.25) is 0 Å². The Morgan fingerprint density at radius 3 is 0.833 bits per heavy atom. The molecule has 0 unspecified atom stereocenters. The average molecular weight is 1750 g/mol. The van der Waals surface area contributed by atoms with Crippen LogP contribution in [0.3, 0.4) is 0 Å². The van der Waals surface area contributed by atoms with Crippen LogP contribution in [-0.4, -0.2) is 32.3 Å². The molecule has 0 aliphatic carbocycles. The van der Waals surface area contributed by atoms with Gasteiger partial charge < -0.3 is 17.7 Å². The van der Waals surface area contributed by atoms with Crippen LogP contribution in [0.1, 0.15) is 22.3 Å². The molecule has 8 heteroatoms. The zero-order valence-corrected chi connectivity index (χ0v) is 77.5. The summed E-state index contributed by atoms with van der Waals surface area (Å²) in [6.45, 7) is 8.60. The quantitative estimate of drug-likeness (QED) is 0.142. The fourth-order valence-corrected chi connectivity index (χ4v) is 44.4. The highest BCUT2D eigenvalue weighted by atomic mass is 28.3. The maximum Gasteiger partial charge on any atom is 0.180 e. The first-order valence-corrected chi connectivity index (χ1v) is 53.8. The van der Waals surface area contributed by atoms with E-state index in [0.717, 1.165) is 44.7 Å². The predicted molar refractivity (Wildman–Crippen MR) is 564 cm³/mol. The minimum Gasteiger partial charge on any atom is -0.456 e. The van der Waals surface area contributed by atoms with E-state index < -0.39 is 32.3 Å². The number of rotatable bonds is 8. The first-order chi connectivity index (χ1) is 65.1. The Balaban J connectivity index is 0.0000000945. The normalized spacial score (nSPS) is 13.8. The van der Waals surface area contributed by atoms with Crippen LogP contribution in [-0.2, 0) is 0 Å². The van der Waals surface area contributed by atoms with Crippen LogP contribution >= 0.6 is 0 Å². The molecule has 132 heavy (non-hydrogen) atoms. The van der Waals surface area contributed by atoms with Gasteiger partial charge >= 0.3 is 0 Å². The molecule has 0 radical (unpaired) electrons. The number of aryl methyl sites for hydroxylation is 4. The Kier molecular flexibility index (Phi) is 18.6. The van der Waals surface area contributed by atoms with E-state index >= 15 is 0 Å². The monoisotopic (exact) mass is 1750 g/mol. The molecule has 4 aliphatic heterocycles. The molecule has 0 amide bonds. The van der Waals surface area contributed by atoms with Crippen LogP contribution in [0.25, 0.3) is 132 Å². The van der Waals surface area contributed by atoms with Gasteiger partial charge in [0, 0.05) is 43.1 Å². The molecule has 0 saturated heterocycles. The molecule has 4 aromatic heterocycles. The van der Waals surface area contributed by atoms with Gasteiger partial charge in [0.25, 0.3) is 0 Å². The SMILES string of the molecule is Cc1ccc2c(c1)-c1c(ccc3oc4ccccc4c13)[Si]2(c1ccccc1)c1ccccc1.Cc1ccc2c(c1)oc1ccc3c(c12)-c1ccccc1[Si]3(c1ccccc1)c1ccccc1.Cc1ccc2oc3ccc4c(c3c2c1)-c1ccccc1[Si]4(c1ccccc1)c1ccccc1.Cc1cccc2c1oc1ccc3c(c12)-c1ccccc1[Si]3(c1ccccc1)c1ccccc1. The largest absolute Gasteiger partial charge is 0.456 e. The van der Waals surface area contributed by atoms with Gasteiger partial charge in [0.15, 0.2) is 32.3 Å². The van der Waals surface area contributed by atoms with Crippen molar-refractivity contribution in [1.29, 1.82) is 0 Å². The molecule has 8 heterocycles. The molecule has 20 aromatic carbocycles. The van der Waals surface area contributed by atoms with Crippen molar-refractivity contribution in [2.24, 2.45) is 0 Å². The number of furan rings is 4. The number of benzene rings is 20. The zero-order chi connectivity index (χ0) is 88.0. The molecular weight excluding hydrogens is 1670 g/mol. The summed E-state index contributed by atoms with van der Waals surface area (Å²) in [7, 11) is -9.84. The van der Waals surface area contributed by atoms with Crippen molar-refractivity contribution in [1.82, 2.24) is 0 Å². The van der Waals surface area contributed by atoms with E-state index in [1.807, 2.05) is 0 Å². The van der Waals surface area contributed by atoms with Gasteiger partial charge in [-0.25, -0.2) is 0 Å². The lowest BCUT2D eigenvalue weighted by molar-refractivity contribution is 0.666. The Bertz CT molecular complexity index is 8370. The third-order valence-electron chi connectivity index (χ3n) is 28.9. The first-order valence-electron chi connectivity index (χ1n) is 45.8. The summed E-state index contributed by atoms with van der Waals surface area (Å²) in [5.41, 5.74) is 23.5. The Morgan fingerprint density at radius 2 is 0.424 bits per heavy atom. The zero-order valence-electron chi connectivity index (χ0n) is 73.5. The molecule has 0 N–H and O–H groups in total. The number of hydrogen-bond donors (Lipinski definition) is 0. The predicted octanol–water partition coefficient (Wildman–Crippen LogP) is 21.0. The second-order valence-electron chi connectivity index (χ2n) is 35.9. The fraction of sp³-hybridized carbons (Fsp3) is 0.0323. The molecule has 0 fully saturated rings. The van der Waals surface area contributed by atoms with Crippen molar-refractivity contribution < 1.29 is 17.7 Å². The smallest absolute Gasteiger partial charge is 0.180 e. The average Bonchev–Trinajstić information content (AvgIpc) is 1.54. The number of para-hydroxylation sites is 2. The highest BCUT2D eigenvalue weighted by Crippen LogP contribution is 2.46. The lowest BCUT2D eigenvalue weighted by Crippen LogP contribution is -2.72. The van der Waals surface area contributed by atoms with E-state index in [1.54, 1.807) is 0 Å². The summed E-state index contributed by atoms with van der Waals surface area (Å²) in [5, 5.41) is 32.9. The van der Waals surface area contributed by atoms with Crippen molar-refractivity contribution in [3.05, 3.63) is 483 Å². The van der Waals surface area contributed by atoms with Gasteiger partial charge in [0.1, 0.15) is 44.7 Å². The Labute approximate surface area is 770 Å². The lowest BCUT2D eigenvalue weighted by Gasteiger charge is -2.31. The van der Waals surface area contributed by atoms with E-state index in [-0.39, 0.29) is 0 Å². The van der Waals surface area contributed by atoms with Gasteiger partial charge in [0.05, 0.1) is 0 Å². The summed E-state index contributed by atoms with van der Waals surface area (Å²) in [4.78, 5) is 0. The van der Waals surface area contributed by atoms with Crippen LogP contribution in [0.15, 0.2) is 479 Å². The van der Waals surface area contributed by atoms with E-state index in [2.05, 4.69) is 489 Å². The van der Waals surface area contributed by atoms with Crippen LogP contribution in [0.4, 0.5) is 0 Å². The van der Waals surface area contributed by atoms with Gasteiger partial charge in [-0.2, -0.15) is 0 Å². The molecule has 0 atom stereocenters. The summed E-state index contributed by atoms with van der Waals surface area (Å²) in [6.07, 6.45) is 0. The summed E-state index contributed by atoms with van der Waals surface area (Å²) < 4.78 is 25.4. The molecular formula is C124H88O4Si4. The molecule has 0 bridgehead atoms. The van der Waals surface area contributed by atoms with Gasteiger partial charge in [-0.1, -0.05) is 424 Å². The maximum atomic E-state index is 6.42. The minimum atomic E-state index is -2.47. The van der Waals surface area contributed by atoms with Crippen molar-refractivity contribution in [3.63, 3.8) is 0 Å². The minimum absolute atomic E-state index is 0.952. The second-order valence-corrected chi connectivity index (χ2v) is 50.8. The molecule has 4 aliphatic rings. The molecule has 28 rings (SSSR count). The molecule has 24 aromatic rings. The topological polar surface area (TPSA) is 52.6 Å². The molecule has 0 saturated carbocycles. The number of hydrogen-bond acceptors (Lipinski definition) is 4. The molecule has 4 nitrogen and oxygen atoms in total. The molecule has 624 valence electrons.